The Kier molecular flexibility index (Phi) is 6.38. The standard InChI is InChI=1S/C15H18INO3S/c1-3-20-15(18)14-12(8-6-10-19-2)11-7-4-5-9-13(11)17(14)21-16/h4-5,7,9H,3,6,8,10H2,1-2H3. The zero-order valence-electron chi connectivity index (χ0n) is 12.1. The number of carbonyl (C=O) groups is 1. The van der Waals surface area contributed by atoms with E-state index in [-0.39, 0.29) is 5.97 Å². The number of para-hydroxylation sites is 1. The minimum atomic E-state index is -0.259. The molecule has 114 valence electrons. The van der Waals surface area contributed by atoms with E-state index in [2.05, 4.69) is 27.3 Å². The number of carbonyl (C=O) groups excluding carboxylic acids is 1. The lowest BCUT2D eigenvalue weighted by Gasteiger charge is -2.07. The molecule has 0 N–H and O–H groups in total. The summed E-state index contributed by atoms with van der Waals surface area (Å²) in [7, 11) is 3.18. The van der Waals surface area contributed by atoms with Gasteiger partial charge < -0.3 is 9.47 Å². The van der Waals surface area contributed by atoms with Crippen molar-refractivity contribution in [3.63, 3.8) is 0 Å². The first-order valence-corrected chi connectivity index (χ1v) is 10.1. The molecule has 0 aliphatic heterocycles. The van der Waals surface area contributed by atoms with E-state index in [0.29, 0.717) is 18.9 Å². The van der Waals surface area contributed by atoms with Gasteiger partial charge in [0.05, 0.1) is 12.1 Å². The summed E-state index contributed by atoms with van der Waals surface area (Å²) < 4.78 is 12.3. The number of methoxy groups -OCH3 is 1. The Bertz CT molecular complexity index is 627. The van der Waals surface area contributed by atoms with E-state index in [4.69, 9.17) is 9.47 Å². The lowest BCUT2D eigenvalue weighted by molar-refractivity contribution is 0.0518. The van der Waals surface area contributed by atoms with Crippen LogP contribution in [0.5, 0.6) is 0 Å². The molecule has 0 aliphatic carbocycles. The minimum Gasteiger partial charge on any atom is -0.461 e. The van der Waals surface area contributed by atoms with Crippen LogP contribution in [0.4, 0.5) is 0 Å². The molecule has 0 aliphatic rings. The molecule has 0 bridgehead atoms. The smallest absolute Gasteiger partial charge is 0.356 e. The number of benzene rings is 1. The Hall–Kier alpha value is -0.730. The van der Waals surface area contributed by atoms with Crippen LogP contribution >= 0.6 is 30.3 Å². The molecular weight excluding hydrogens is 401 g/mol. The van der Waals surface area contributed by atoms with Crippen LogP contribution in [0.25, 0.3) is 10.9 Å². The molecule has 0 saturated heterocycles. The van der Waals surface area contributed by atoms with Crippen LogP contribution < -0.4 is 0 Å². The fraction of sp³-hybridized carbons (Fsp3) is 0.400. The summed E-state index contributed by atoms with van der Waals surface area (Å²) in [6.45, 7) is 2.88. The monoisotopic (exact) mass is 419 g/mol. The maximum Gasteiger partial charge on any atom is 0.356 e. The second-order valence-electron chi connectivity index (χ2n) is 4.52. The molecule has 1 heterocycles. The number of ether oxygens (including phenoxy) is 2. The SMILES string of the molecule is CCOC(=O)c1c(CCCOC)c2ccccc2n1SI. The van der Waals surface area contributed by atoms with Gasteiger partial charge in [-0.2, -0.15) is 0 Å². The molecule has 0 fully saturated rings. The van der Waals surface area contributed by atoms with Crippen molar-refractivity contribution in [3.8, 4) is 0 Å². The maximum atomic E-state index is 12.4. The fourth-order valence-electron chi connectivity index (χ4n) is 2.40. The van der Waals surface area contributed by atoms with Gasteiger partial charge in [0.25, 0.3) is 0 Å². The van der Waals surface area contributed by atoms with Crippen LogP contribution in [0.1, 0.15) is 29.4 Å². The molecule has 21 heavy (non-hydrogen) atoms. The van der Waals surface area contributed by atoms with Gasteiger partial charge in [-0.3, -0.25) is 3.97 Å². The van der Waals surface area contributed by atoms with E-state index >= 15 is 0 Å². The third-order valence-corrected chi connectivity index (χ3v) is 4.95. The summed E-state index contributed by atoms with van der Waals surface area (Å²) >= 11 is 2.19. The van der Waals surface area contributed by atoms with Crippen LogP contribution in [0.3, 0.4) is 0 Å². The number of hydrogen-bond donors (Lipinski definition) is 0. The quantitative estimate of drug-likeness (QED) is 0.383. The number of halogens is 1. The van der Waals surface area contributed by atoms with Crippen LogP contribution in [0, 0.1) is 0 Å². The van der Waals surface area contributed by atoms with Crippen LogP contribution in [-0.4, -0.2) is 30.3 Å². The van der Waals surface area contributed by atoms with Crippen molar-refractivity contribution >= 4 is 47.2 Å². The molecule has 0 spiro atoms. The van der Waals surface area contributed by atoms with Gasteiger partial charge in [-0.15, -0.1) is 0 Å². The summed E-state index contributed by atoms with van der Waals surface area (Å²) in [6, 6.07) is 8.08. The van der Waals surface area contributed by atoms with Crippen LogP contribution in [-0.2, 0) is 15.9 Å². The van der Waals surface area contributed by atoms with Gasteiger partial charge in [-0.25, -0.2) is 4.79 Å². The molecule has 2 rings (SSSR count). The highest BCUT2D eigenvalue weighted by molar-refractivity contribution is 14.2. The van der Waals surface area contributed by atoms with Gasteiger partial charge in [0.15, 0.2) is 0 Å². The number of esters is 1. The predicted molar refractivity (Wildman–Crippen MR) is 95.1 cm³/mol. The fourth-order valence-corrected chi connectivity index (χ4v) is 4.11. The van der Waals surface area contributed by atoms with E-state index in [0.717, 1.165) is 29.3 Å². The van der Waals surface area contributed by atoms with Crippen molar-refractivity contribution in [2.75, 3.05) is 20.3 Å². The largest absolute Gasteiger partial charge is 0.461 e. The van der Waals surface area contributed by atoms with Gasteiger partial charge >= 0.3 is 5.97 Å². The van der Waals surface area contributed by atoms with E-state index in [9.17, 15) is 4.79 Å². The average Bonchev–Trinajstić information content (AvgIpc) is 2.82. The van der Waals surface area contributed by atoms with Gasteiger partial charge in [-0.05, 0) is 31.4 Å². The first kappa shape index (κ1) is 16.6. The molecule has 0 amide bonds. The second kappa shape index (κ2) is 8.05. The Morgan fingerprint density at radius 3 is 2.81 bits per heavy atom. The molecular formula is C15H18INO3S. The molecule has 1 aromatic heterocycles. The lowest BCUT2D eigenvalue weighted by atomic mass is 10.1. The van der Waals surface area contributed by atoms with Gasteiger partial charge in [0.2, 0.25) is 0 Å². The van der Waals surface area contributed by atoms with Crippen molar-refractivity contribution < 1.29 is 14.3 Å². The molecule has 0 atom stereocenters. The first-order chi connectivity index (χ1) is 10.2. The average molecular weight is 419 g/mol. The lowest BCUT2D eigenvalue weighted by Crippen LogP contribution is -2.11. The molecule has 2 aromatic rings. The maximum absolute atomic E-state index is 12.4. The highest BCUT2D eigenvalue weighted by Gasteiger charge is 2.23. The third-order valence-electron chi connectivity index (χ3n) is 3.25. The van der Waals surface area contributed by atoms with E-state index in [1.54, 1.807) is 7.11 Å². The molecule has 4 nitrogen and oxygen atoms in total. The first-order valence-electron chi connectivity index (χ1n) is 6.82. The van der Waals surface area contributed by atoms with E-state index in [1.807, 2.05) is 29.1 Å². The Balaban J connectivity index is 2.54. The van der Waals surface area contributed by atoms with Gasteiger partial charge in [0.1, 0.15) is 5.69 Å². The van der Waals surface area contributed by atoms with E-state index < -0.39 is 0 Å². The van der Waals surface area contributed by atoms with Crippen molar-refractivity contribution in [2.24, 2.45) is 0 Å². The highest BCUT2D eigenvalue weighted by atomic mass is 127. The third kappa shape index (κ3) is 3.54. The summed E-state index contributed by atoms with van der Waals surface area (Å²) in [5.41, 5.74) is 2.74. The number of rotatable bonds is 7. The van der Waals surface area contributed by atoms with Crippen LogP contribution in [0.15, 0.2) is 24.3 Å². The number of aromatic nitrogens is 1. The normalized spacial score (nSPS) is 11.0. The topological polar surface area (TPSA) is 40.5 Å². The summed E-state index contributed by atoms with van der Waals surface area (Å²) in [5, 5.41) is 1.11. The van der Waals surface area contributed by atoms with Crippen molar-refractivity contribution in [3.05, 3.63) is 35.5 Å². The zero-order valence-corrected chi connectivity index (χ0v) is 15.1. The minimum absolute atomic E-state index is 0.259. The highest BCUT2D eigenvalue weighted by Crippen LogP contribution is 2.34. The number of nitrogens with zero attached hydrogens (tertiary/aromatic N) is 1. The molecule has 1 aromatic carbocycles. The zero-order chi connectivity index (χ0) is 15.2. The summed E-state index contributed by atoms with van der Waals surface area (Å²) in [6.07, 6.45) is 1.68. The van der Waals surface area contributed by atoms with Gasteiger partial charge in [0, 0.05) is 49.4 Å². The van der Waals surface area contributed by atoms with Crippen molar-refractivity contribution in [1.29, 1.82) is 0 Å². The van der Waals surface area contributed by atoms with Crippen molar-refractivity contribution in [2.45, 2.75) is 19.8 Å². The number of aryl methyl sites for hydroxylation is 1. The van der Waals surface area contributed by atoms with E-state index in [1.165, 1.54) is 9.12 Å². The Labute approximate surface area is 140 Å². The number of hydrogen-bond acceptors (Lipinski definition) is 4. The summed E-state index contributed by atoms with van der Waals surface area (Å²) in [5.74, 6) is -0.259. The van der Waals surface area contributed by atoms with Gasteiger partial charge in [-0.1, -0.05) is 18.2 Å². The predicted octanol–water partition coefficient (Wildman–Crippen LogP) is 4.24. The van der Waals surface area contributed by atoms with Crippen molar-refractivity contribution in [1.82, 2.24) is 3.97 Å². The summed E-state index contributed by atoms with van der Waals surface area (Å²) in [4.78, 5) is 12.4. The molecule has 0 radical (unpaired) electrons. The second-order valence-corrected chi connectivity index (χ2v) is 6.21. The molecule has 0 saturated carbocycles. The Morgan fingerprint density at radius 1 is 1.38 bits per heavy atom. The van der Waals surface area contributed by atoms with Crippen LogP contribution in [0.2, 0.25) is 0 Å². The Morgan fingerprint density at radius 2 is 2.14 bits per heavy atom. The number of fused-ring (bicyclic) bond motifs is 1. The molecule has 6 heteroatoms. The molecule has 0 unspecified atom stereocenters.